The van der Waals surface area contributed by atoms with Gasteiger partial charge in [0.25, 0.3) is 0 Å². The Morgan fingerprint density at radius 2 is 2.24 bits per heavy atom. The zero-order valence-corrected chi connectivity index (χ0v) is 10.4. The minimum Gasteiger partial charge on any atom is -0.341 e. The highest BCUT2D eigenvalue weighted by Crippen LogP contribution is 2.13. The fourth-order valence-electron chi connectivity index (χ4n) is 1.84. The normalized spacial score (nSPS) is 11.2. The van der Waals surface area contributed by atoms with Crippen LogP contribution in [0.4, 0.5) is 0 Å². The van der Waals surface area contributed by atoms with Crippen LogP contribution in [-0.4, -0.2) is 35.1 Å². The van der Waals surface area contributed by atoms with Gasteiger partial charge in [-0.2, -0.15) is 0 Å². The molecule has 2 rings (SSSR count). The van der Waals surface area contributed by atoms with Gasteiger partial charge in [0.2, 0.25) is 0 Å². The van der Waals surface area contributed by atoms with Gasteiger partial charge in [0.15, 0.2) is 5.65 Å². The topological polar surface area (TPSA) is 65.6 Å². The van der Waals surface area contributed by atoms with Gasteiger partial charge in [0.05, 0.1) is 5.52 Å². The molecule has 0 atom stereocenters. The number of fused-ring (bicyclic) bond motifs is 1. The third-order valence-corrected chi connectivity index (χ3v) is 2.69. The summed E-state index contributed by atoms with van der Waals surface area (Å²) in [5.74, 6) is 0.912. The average molecular weight is 233 g/mol. The van der Waals surface area contributed by atoms with Gasteiger partial charge in [-0.15, -0.1) is 0 Å². The van der Waals surface area contributed by atoms with Crippen molar-refractivity contribution in [1.29, 1.82) is 0 Å². The summed E-state index contributed by atoms with van der Waals surface area (Å²) < 4.78 is 0. The minimum atomic E-state index is 0.803. The van der Waals surface area contributed by atoms with Crippen LogP contribution in [0.3, 0.4) is 0 Å². The van der Waals surface area contributed by atoms with Gasteiger partial charge in [0.1, 0.15) is 5.82 Å². The van der Waals surface area contributed by atoms with Crippen LogP contribution >= 0.6 is 0 Å². The van der Waals surface area contributed by atoms with Crippen LogP contribution in [-0.2, 0) is 6.54 Å². The van der Waals surface area contributed by atoms with Crippen molar-refractivity contribution >= 4 is 11.2 Å². The molecule has 0 saturated carbocycles. The first-order valence-corrected chi connectivity index (χ1v) is 5.97. The molecule has 3 N–H and O–H groups in total. The van der Waals surface area contributed by atoms with Crippen LogP contribution in [0.25, 0.3) is 11.2 Å². The zero-order valence-electron chi connectivity index (χ0n) is 10.4. The number of pyridine rings is 1. The van der Waals surface area contributed by atoms with Crippen molar-refractivity contribution in [3.8, 4) is 0 Å². The van der Waals surface area contributed by atoms with E-state index in [-0.39, 0.29) is 0 Å². The molecular weight excluding hydrogens is 214 g/mol. The van der Waals surface area contributed by atoms with Crippen molar-refractivity contribution in [2.24, 2.45) is 0 Å². The summed E-state index contributed by atoms with van der Waals surface area (Å²) >= 11 is 0. The Kier molecular flexibility index (Phi) is 4.06. The lowest BCUT2D eigenvalue weighted by atomic mass is 10.2. The molecule has 2 aromatic heterocycles. The molecule has 0 aliphatic rings. The Hall–Kier alpha value is -1.46. The molecule has 0 saturated heterocycles. The predicted molar refractivity (Wildman–Crippen MR) is 68.9 cm³/mol. The molecule has 0 bridgehead atoms. The maximum absolute atomic E-state index is 4.33. The van der Waals surface area contributed by atoms with Crippen LogP contribution in [0.15, 0.2) is 12.3 Å². The number of nitrogens with one attached hydrogen (secondary N) is 3. The number of hydrogen-bond acceptors (Lipinski definition) is 4. The van der Waals surface area contributed by atoms with E-state index in [0.29, 0.717) is 0 Å². The van der Waals surface area contributed by atoms with Gasteiger partial charge < -0.3 is 15.6 Å². The maximum Gasteiger partial charge on any atom is 0.177 e. The number of aryl methyl sites for hydroxylation is 1. The van der Waals surface area contributed by atoms with Crippen LogP contribution in [0.2, 0.25) is 0 Å². The van der Waals surface area contributed by atoms with Crippen LogP contribution in [0, 0.1) is 6.92 Å². The second-order valence-corrected chi connectivity index (χ2v) is 4.12. The molecule has 0 spiro atoms. The lowest BCUT2D eigenvalue weighted by Crippen LogP contribution is -2.19. The summed E-state index contributed by atoms with van der Waals surface area (Å²) in [5, 5.41) is 6.56. The lowest BCUT2D eigenvalue weighted by Gasteiger charge is -2.05. The molecule has 2 heterocycles. The summed E-state index contributed by atoms with van der Waals surface area (Å²) in [5.41, 5.74) is 3.07. The molecule has 0 radical (unpaired) electrons. The van der Waals surface area contributed by atoms with Crippen molar-refractivity contribution in [2.75, 3.05) is 20.1 Å². The molecule has 5 heteroatoms. The summed E-state index contributed by atoms with van der Waals surface area (Å²) in [7, 11) is 1.97. The van der Waals surface area contributed by atoms with Crippen LogP contribution in [0.1, 0.15) is 17.8 Å². The predicted octanol–water partition coefficient (Wildman–Crippen LogP) is 0.965. The quantitative estimate of drug-likeness (QED) is 0.650. The van der Waals surface area contributed by atoms with Gasteiger partial charge in [-0.3, -0.25) is 0 Å². The SMILES string of the molecule is CNCCCNCc1ccnc2nc(C)[nH]c12. The highest BCUT2D eigenvalue weighted by atomic mass is 15.0. The smallest absolute Gasteiger partial charge is 0.177 e. The highest BCUT2D eigenvalue weighted by Gasteiger charge is 2.05. The van der Waals surface area contributed by atoms with Gasteiger partial charge in [-0.05, 0) is 45.1 Å². The molecule has 17 heavy (non-hydrogen) atoms. The van der Waals surface area contributed by atoms with Crippen LogP contribution < -0.4 is 10.6 Å². The number of nitrogens with zero attached hydrogens (tertiary/aromatic N) is 2. The van der Waals surface area contributed by atoms with Crippen molar-refractivity contribution < 1.29 is 0 Å². The number of aromatic nitrogens is 3. The first-order chi connectivity index (χ1) is 8.31. The molecule has 5 nitrogen and oxygen atoms in total. The Morgan fingerprint density at radius 3 is 3.06 bits per heavy atom. The highest BCUT2D eigenvalue weighted by molar-refractivity contribution is 5.74. The zero-order chi connectivity index (χ0) is 12.1. The summed E-state index contributed by atoms with van der Waals surface area (Å²) in [4.78, 5) is 11.8. The third-order valence-electron chi connectivity index (χ3n) is 2.69. The maximum atomic E-state index is 4.33. The monoisotopic (exact) mass is 233 g/mol. The number of H-pyrrole nitrogens is 1. The molecular formula is C12H19N5. The molecule has 0 aliphatic heterocycles. The van der Waals surface area contributed by atoms with E-state index in [0.717, 1.165) is 43.0 Å². The van der Waals surface area contributed by atoms with Gasteiger partial charge >= 0.3 is 0 Å². The van der Waals surface area contributed by atoms with E-state index in [1.54, 1.807) is 0 Å². The molecule has 0 aliphatic carbocycles. The molecule has 0 amide bonds. The molecule has 0 unspecified atom stereocenters. The fraction of sp³-hybridized carbons (Fsp3) is 0.500. The Balaban J connectivity index is 1.98. The number of aromatic amines is 1. The average Bonchev–Trinajstić information content (AvgIpc) is 2.70. The van der Waals surface area contributed by atoms with Gasteiger partial charge in [-0.1, -0.05) is 0 Å². The second kappa shape index (κ2) is 5.75. The van der Waals surface area contributed by atoms with E-state index in [9.17, 15) is 0 Å². The first kappa shape index (κ1) is 12.0. The van der Waals surface area contributed by atoms with E-state index in [1.165, 1.54) is 5.56 Å². The number of rotatable bonds is 6. The first-order valence-electron chi connectivity index (χ1n) is 5.97. The lowest BCUT2D eigenvalue weighted by molar-refractivity contribution is 0.626. The Bertz CT molecular complexity index is 477. The van der Waals surface area contributed by atoms with Crippen molar-refractivity contribution in [1.82, 2.24) is 25.6 Å². The van der Waals surface area contributed by atoms with Crippen LogP contribution in [0.5, 0.6) is 0 Å². The number of imidazole rings is 1. The second-order valence-electron chi connectivity index (χ2n) is 4.12. The van der Waals surface area contributed by atoms with E-state index in [2.05, 4.69) is 25.6 Å². The largest absolute Gasteiger partial charge is 0.341 e. The fourth-order valence-corrected chi connectivity index (χ4v) is 1.84. The van der Waals surface area contributed by atoms with E-state index in [1.807, 2.05) is 26.2 Å². The van der Waals surface area contributed by atoms with E-state index >= 15 is 0 Å². The Labute approximate surface area is 101 Å². The summed E-state index contributed by atoms with van der Waals surface area (Å²) in [6.07, 6.45) is 2.94. The molecule has 2 aromatic rings. The molecule has 0 fully saturated rings. The molecule has 92 valence electrons. The number of hydrogen-bond donors (Lipinski definition) is 3. The summed E-state index contributed by atoms with van der Waals surface area (Å²) in [6, 6.07) is 2.03. The Morgan fingerprint density at radius 1 is 1.35 bits per heavy atom. The van der Waals surface area contributed by atoms with E-state index in [4.69, 9.17) is 0 Å². The van der Waals surface area contributed by atoms with Gasteiger partial charge in [0, 0.05) is 12.7 Å². The van der Waals surface area contributed by atoms with Gasteiger partial charge in [-0.25, -0.2) is 9.97 Å². The van der Waals surface area contributed by atoms with E-state index < -0.39 is 0 Å². The van der Waals surface area contributed by atoms with Crippen molar-refractivity contribution in [3.63, 3.8) is 0 Å². The molecule has 0 aromatic carbocycles. The van der Waals surface area contributed by atoms with Crippen molar-refractivity contribution in [3.05, 3.63) is 23.7 Å². The summed E-state index contributed by atoms with van der Waals surface area (Å²) in [6.45, 7) is 4.86. The standard InChI is InChI=1S/C12H19N5/c1-9-16-11-10(4-7-15-12(11)17-9)8-14-6-3-5-13-2/h4,7,13-14H,3,5-6,8H2,1-2H3,(H,15,16,17). The minimum absolute atomic E-state index is 0.803. The third kappa shape index (κ3) is 3.01. The van der Waals surface area contributed by atoms with Crippen molar-refractivity contribution in [2.45, 2.75) is 19.9 Å².